The molecule has 5 heteroatoms. The van der Waals surface area contributed by atoms with Gasteiger partial charge in [0, 0.05) is 30.4 Å². The average Bonchev–Trinajstić information content (AvgIpc) is 2.90. The zero-order chi connectivity index (χ0) is 22.9. The van der Waals surface area contributed by atoms with Crippen molar-refractivity contribution < 1.29 is 31.4 Å². The number of carbonyl (C=O) groups is 1. The van der Waals surface area contributed by atoms with Crippen molar-refractivity contribution in [3.63, 3.8) is 0 Å². The third-order valence-corrected chi connectivity index (χ3v) is 8.50. The van der Waals surface area contributed by atoms with Crippen LogP contribution in [0.15, 0.2) is 91.0 Å². The number of hydrogen-bond acceptors (Lipinski definition) is 2. The van der Waals surface area contributed by atoms with Crippen LogP contribution in [-0.2, 0) is 10.4 Å². The van der Waals surface area contributed by atoms with Gasteiger partial charge in [0.2, 0.25) is 0 Å². The zero-order valence-corrected chi connectivity index (χ0v) is 21.2. The number of aliphatic hydroxyl groups is 1. The van der Waals surface area contributed by atoms with Crippen LogP contribution in [0.1, 0.15) is 37.3 Å². The third kappa shape index (κ3) is 4.00. The second-order valence-corrected chi connectivity index (χ2v) is 9.89. The Morgan fingerprint density at radius 2 is 1.24 bits per heavy atom. The van der Waals surface area contributed by atoms with E-state index in [-0.39, 0.29) is 34.3 Å². The van der Waals surface area contributed by atoms with Crippen molar-refractivity contribution in [2.75, 3.05) is 25.0 Å². The molecule has 1 atom stereocenters. The van der Waals surface area contributed by atoms with E-state index < -0.39 is 5.60 Å². The molecule has 0 spiro atoms. The van der Waals surface area contributed by atoms with Crippen molar-refractivity contribution >= 4 is 11.6 Å². The van der Waals surface area contributed by atoms with Gasteiger partial charge in [0.25, 0.3) is 5.91 Å². The molecule has 3 aromatic rings. The number of rotatable bonds is 6. The molecular weight excluding hydrogens is 488 g/mol. The van der Waals surface area contributed by atoms with Crippen molar-refractivity contribution in [2.45, 2.75) is 37.8 Å². The molecule has 0 saturated carbocycles. The van der Waals surface area contributed by atoms with Crippen LogP contribution in [0.2, 0.25) is 0 Å². The van der Waals surface area contributed by atoms with Crippen molar-refractivity contribution in [1.82, 2.24) is 0 Å². The molecule has 1 amide bonds. The molecule has 4 nitrogen and oxygen atoms in total. The molecule has 3 fully saturated rings. The number of anilines is 1. The highest BCUT2D eigenvalue weighted by Gasteiger charge is 2.61. The second kappa shape index (κ2) is 9.65. The average molecular weight is 521 g/mol. The highest BCUT2D eigenvalue weighted by atomic mass is 79.9. The van der Waals surface area contributed by atoms with Crippen molar-refractivity contribution in [3.8, 4) is 0 Å². The van der Waals surface area contributed by atoms with Gasteiger partial charge in [-0.3, -0.25) is 4.79 Å². The summed E-state index contributed by atoms with van der Waals surface area (Å²) in [5.41, 5.74) is 1.51. The van der Waals surface area contributed by atoms with Crippen LogP contribution in [0.3, 0.4) is 0 Å². The van der Waals surface area contributed by atoms with Crippen molar-refractivity contribution in [2.24, 2.45) is 5.41 Å². The maximum atomic E-state index is 13.1. The number of benzene rings is 3. The number of hydrogen-bond donors (Lipinski definition) is 2. The molecule has 3 aliphatic heterocycles. The summed E-state index contributed by atoms with van der Waals surface area (Å²) < 4.78 is 0.806. The van der Waals surface area contributed by atoms with Crippen LogP contribution in [0.25, 0.3) is 0 Å². The van der Waals surface area contributed by atoms with E-state index >= 15 is 0 Å². The Kier molecular flexibility index (Phi) is 6.99. The number of fused-ring (bicyclic) bond motifs is 3. The van der Waals surface area contributed by atoms with Gasteiger partial charge < -0.3 is 31.9 Å². The lowest BCUT2D eigenvalue weighted by Gasteiger charge is -2.61. The van der Waals surface area contributed by atoms with Gasteiger partial charge in [0.15, 0.2) is 6.04 Å². The van der Waals surface area contributed by atoms with Crippen LogP contribution < -0.4 is 22.3 Å². The van der Waals surface area contributed by atoms with E-state index in [1.807, 2.05) is 66.7 Å². The minimum Gasteiger partial charge on any atom is -1.00 e. The maximum Gasteiger partial charge on any atom is 0.282 e. The Hall–Kier alpha value is -2.47. The molecule has 2 bridgehead atoms. The van der Waals surface area contributed by atoms with Gasteiger partial charge in [0.1, 0.15) is 5.60 Å². The summed E-state index contributed by atoms with van der Waals surface area (Å²) in [4.78, 5) is 13.1. The van der Waals surface area contributed by atoms with E-state index in [0.717, 1.165) is 60.2 Å². The Balaban J connectivity index is 0.00000274. The van der Waals surface area contributed by atoms with Gasteiger partial charge in [-0.15, -0.1) is 0 Å². The summed E-state index contributed by atoms with van der Waals surface area (Å²) in [5, 5.41) is 15.6. The maximum absolute atomic E-state index is 13.1. The minimum absolute atomic E-state index is 0. The van der Waals surface area contributed by atoms with E-state index in [2.05, 4.69) is 36.5 Å². The first-order valence-electron chi connectivity index (χ1n) is 12.0. The third-order valence-electron chi connectivity index (χ3n) is 8.50. The minimum atomic E-state index is -1.04. The van der Waals surface area contributed by atoms with Gasteiger partial charge in [-0.2, -0.15) is 0 Å². The molecular formula is C29H33BrN2O2. The Labute approximate surface area is 213 Å². The summed E-state index contributed by atoms with van der Waals surface area (Å²) in [5.74, 6) is 0.0805. The molecule has 2 N–H and O–H groups in total. The van der Waals surface area contributed by atoms with Gasteiger partial charge in [0.05, 0.1) is 19.6 Å². The summed E-state index contributed by atoms with van der Waals surface area (Å²) in [6.07, 6.45) is 2.70. The molecule has 3 saturated heterocycles. The van der Waals surface area contributed by atoms with Crippen molar-refractivity contribution in [1.29, 1.82) is 0 Å². The molecule has 3 aromatic carbocycles. The smallest absolute Gasteiger partial charge is 0.282 e. The summed E-state index contributed by atoms with van der Waals surface area (Å²) in [6, 6.07) is 29.9. The lowest BCUT2D eigenvalue weighted by atomic mass is 9.56. The predicted octanol–water partition coefficient (Wildman–Crippen LogP) is 1.95. The van der Waals surface area contributed by atoms with E-state index in [9.17, 15) is 9.90 Å². The molecule has 6 rings (SSSR count). The van der Waals surface area contributed by atoms with Gasteiger partial charge in [-0.25, -0.2) is 0 Å². The molecule has 34 heavy (non-hydrogen) atoms. The second-order valence-electron chi connectivity index (χ2n) is 9.89. The molecule has 3 aliphatic rings. The summed E-state index contributed by atoms with van der Waals surface area (Å²) >= 11 is 0. The number of nitrogens with zero attached hydrogens (tertiary/aromatic N) is 1. The number of piperidine rings is 3. The SMILES string of the molecule is C[C@H](C(=O)Nc1ccccc1)[N+]12CCC(C(O)(c3ccccc3)c3ccccc3)(CC1)CC2.[Br-]. The van der Waals surface area contributed by atoms with Crippen LogP contribution >= 0.6 is 0 Å². The fraction of sp³-hybridized carbons (Fsp3) is 0.345. The monoisotopic (exact) mass is 520 g/mol. The number of halogens is 1. The number of amides is 1. The van der Waals surface area contributed by atoms with E-state index in [1.54, 1.807) is 0 Å². The number of nitrogens with one attached hydrogen (secondary N) is 1. The first kappa shape index (κ1) is 24.6. The van der Waals surface area contributed by atoms with Crippen LogP contribution in [0, 0.1) is 5.41 Å². The fourth-order valence-corrected chi connectivity index (χ4v) is 6.30. The summed E-state index contributed by atoms with van der Waals surface area (Å²) in [7, 11) is 0. The van der Waals surface area contributed by atoms with Crippen molar-refractivity contribution in [3.05, 3.63) is 102 Å². The van der Waals surface area contributed by atoms with Gasteiger partial charge >= 0.3 is 0 Å². The number of quaternary nitrogens is 1. The molecule has 0 unspecified atom stereocenters. The lowest BCUT2D eigenvalue weighted by molar-refractivity contribution is -0.958. The highest BCUT2D eigenvalue weighted by Crippen LogP contribution is 2.57. The first-order chi connectivity index (χ1) is 16.0. The van der Waals surface area contributed by atoms with E-state index in [0.29, 0.717) is 0 Å². The Bertz CT molecular complexity index is 1040. The lowest BCUT2D eigenvalue weighted by Crippen LogP contribution is -3.00. The van der Waals surface area contributed by atoms with Gasteiger partial charge in [-0.05, 0) is 30.2 Å². The quantitative estimate of drug-likeness (QED) is 0.488. The number of para-hydroxylation sites is 1. The molecule has 0 radical (unpaired) electrons. The Morgan fingerprint density at radius 1 is 0.824 bits per heavy atom. The Morgan fingerprint density at radius 3 is 1.68 bits per heavy atom. The molecule has 0 aliphatic carbocycles. The number of carbonyl (C=O) groups excluding carboxylic acids is 1. The fourth-order valence-electron chi connectivity index (χ4n) is 6.30. The molecule has 178 valence electrons. The summed E-state index contributed by atoms with van der Waals surface area (Å²) in [6.45, 7) is 4.79. The largest absolute Gasteiger partial charge is 1.00 e. The molecule has 3 heterocycles. The van der Waals surface area contributed by atoms with Crippen LogP contribution in [-0.4, -0.2) is 41.2 Å². The van der Waals surface area contributed by atoms with E-state index in [1.165, 1.54) is 0 Å². The van der Waals surface area contributed by atoms with Crippen LogP contribution in [0.4, 0.5) is 5.69 Å². The zero-order valence-electron chi connectivity index (χ0n) is 19.7. The first-order valence-corrected chi connectivity index (χ1v) is 12.0. The highest BCUT2D eigenvalue weighted by molar-refractivity contribution is 5.93. The van der Waals surface area contributed by atoms with Gasteiger partial charge in [-0.1, -0.05) is 78.9 Å². The standard InChI is InChI=1S/C29H32N2O2.BrH/c1-23(27(32)30-26-15-9-4-10-16-26)31-20-17-28(18-21-31,19-22-31)29(33,24-11-5-2-6-12-24)25-13-7-3-8-14-25;/h2-16,23,33H,17-22H2,1H3;1H/t23-,28?,31?;/m1./s1. The molecule has 0 aromatic heterocycles. The predicted molar refractivity (Wildman–Crippen MR) is 132 cm³/mol. The topological polar surface area (TPSA) is 49.3 Å². The normalized spacial score (nSPS) is 24.6. The van der Waals surface area contributed by atoms with Crippen LogP contribution in [0.5, 0.6) is 0 Å². The van der Waals surface area contributed by atoms with E-state index in [4.69, 9.17) is 0 Å².